The lowest BCUT2D eigenvalue weighted by Gasteiger charge is -2.34. The van der Waals surface area contributed by atoms with Crippen molar-refractivity contribution >= 4 is 22.1 Å². The largest absolute Gasteiger partial charge is 0.481 e. The van der Waals surface area contributed by atoms with Gasteiger partial charge in [0.05, 0.1) is 6.42 Å². The first-order valence-corrected chi connectivity index (χ1v) is 21.8. The van der Waals surface area contributed by atoms with Crippen LogP contribution >= 0.6 is 0 Å². The molecule has 0 saturated heterocycles. The summed E-state index contributed by atoms with van der Waals surface area (Å²) in [6, 6.07) is 0. The van der Waals surface area contributed by atoms with Crippen LogP contribution in [0, 0.1) is 5.92 Å². The number of unbranched alkanes of at least 4 members (excludes halogenated alkanes) is 24. The Morgan fingerprint density at radius 2 is 0.857 bits per heavy atom. The molecule has 0 amide bonds. The molecule has 0 radical (unpaired) electrons. The third kappa shape index (κ3) is 25.0. The van der Waals surface area contributed by atoms with Crippen LogP contribution in [0.3, 0.4) is 0 Å². The van der Waals surface area contributed by atoms with Crippen LogP contribution in [0.1, 0.15) is 213 Å². The maximum absolute atomic E-state index is 12.7. The molecule has 2 atom stereocenters. The topological polar surface area (TPSA) is 129 Å². The van der Waals surface area contributed by atoms with Crippen molar-refractivity contribution in [3.05, 3.63) is 24.3 Å². The maximum atomic E-state index is 12.7. The van der Waals surface area contributed by atoms with Gasteiger partial charge in [-0.2, -0.15) is 8.42 Å². The van der Waals surface area contributed by atoms with E-state index in [9.17, 15) is 32.8 Å². The van der Waals surface area contributed by atoms with E-state index in [1.807, 2.05) is 0 Å². The fourth-order valence-electron chi connectivity index (χ4n) is 6.92. The first-order chi connectivity index (χ1) is 23.6. The average molecular weight is 713 g/mol. The van der Waals surface area contributed by atoms with Crippen LogP contribution < -0.4 is 0 Å². The normalized spacial score (nSPS) is 14.1. The molecular weight excluding hydrogens is 637 g/mol. The number of allylic oxidation sites excluding steroid dienone is 4. The molecule has 0 aliphatic carbocycles. The Morgan fingerprint density at radius 1 is 0.531 bits per heavy atom. The molecule has 8 heteroatoms. The van der Waals surface area contributed by atoms with Crippen molar-refractivity contribution in [1.29, 1.82) is 0 Å². The lowest BCUT2D eigenvalue weighted by atomic mass is 9.80. The highest BCUT2D eigenvalue weighted by Gasteiger charge is 2.56. The Labute approximate surface area is 301 Å². The van der Waals surface area contributed by atoms with Crippen molar-refractivity contribution in [3.63, 3.8) is 0 Å². The van der Waals surface area contributed by atoms with Gasteiger partial charge in [-0.05, 0) is 64.2 Å². The van der Waals surface area contributed by atoms with Crippen molar-refractivity contribution in [2.75, 3.05) is 0 Å². The van der Waals surface area contributed by atoms with Crippen LogP contribution in [-0.2, 0) is 19.7 Å². The molecule has 0 aromatic carbocycles. The first-order valence-electron chi connectivity index (χ1n) is 20.4. The molecule has 2 unspecified atom stereocenters. The molecule has 0 aromatic rings. The number of hydrogen-bond acceptors (Lipinski definition) is 4. The number of carboxylic acids is 2. The van der Waals surface area contributed by atoms with E-state index in [0.717, 1.165) is 83.5 Å². The Kier molecular flexibility index (Phi) is 31.2. The van der Waals surface area contributed by atoms with E-state index in [4.69, 9.17) is 0 Å². The van der Waals surface area contributed by atoms with Gasteiger partial charge in [0.2, 0.25) is 0 Å². The Hall–Kier alpha value is -1.67. The van der Waals surface area contributed by atoms with Gasteiger partial charge in [-0.3, -0.25) is 14.1 Å². The summed E-state index contributed by atoms with van der Waals surface area (Å²) in [4.78, 5) is 24.2. The van der Waals surface area contributed by atoms with Gasteiger partial charge in [0.1, 0.15) is 0 Å². The summed E-state index contributed by atoms with van der Waals surface area (Å²) >= 11 is 0. The van der Waals surface area contributed by atoms with Gasteiger partial charge >= 0.3 is 11.9 Å². The highest BCUT2D eigenvalue weighted by Crippen LogP contribution is 2.38. The SMILES string of the molecule is CCCCCCCC/C=C\CCCCCCCCC(CC(=O)O)C(CCCCCCCC/C=C\CCCCCCCC)(C(=O)O)S(=O)(=O)O. The standard InChI is InChI=1S/C41H76O7S/c1-3-5-7-9-11-13-15-17-19-21-23-25-27-29-31-33-35-38(37-39(42)43)41(40(44)45,49(46,47)48)36-34-32-30-28-26-24-22-20-18-16-14-12-10-8-6-4-2/h17-20,38H,3-16,21-37H2,1-2H3,(H,42,43)(H,44,45)(H,46,47,48)/b19-17-,20-18-. The van der Waals surface area contributed by atoms with Gasteiger partial charge in [0, 0.05) is 5.92 Å². The molecule has 0 aromatic heterocycles. The minimum Gasteiger partial charge on any atom is -0.481 e. The molecule has 0 bridgehead atoms. The predicted molar refractivity (Wildman–Crippen MR) is 206 cm³/mol. The summed E-state index contributed by atoms with van der Waals surface area (Å²) in [6.07, 6.45) is 39.0. The van der Waals surface area contributed by atoms with Crippen molar-refractivity contribution in [2.24, 2.45) is 5.92 Å². The highest BCUT2D eigenvalue weighted by molar-refractivity contribution is 7.88. The predicted octanol–water partition coefficient (Wildman–Crippen LogP) is 12.6. The monoisotopic (exact) mass is 713 g/mol. The molecule has 0 aliphatic heterocycles. The van der Waals surface area contributed by atoms with Crippen LogP contribution in [-0.4, -0.2) is 39.9 Å². The average Bonchev–Trinajstić information content (AvgIpc) is 3.04. The fourth-order valence-corrected chi connectivity index (χ4v) is 8.17. The third-order valence-electron chi connectivity index (χ3n) is 10.0. The number of carboxylic acid groups (broad SMARTS) is 2. The lowest BCUT2D eigenvalue weighted by molar-refractivity contribution is -0.144. The molecule has 0 heterocycles. The Bertz CT molecular complexity index is 959. The van der Waals surface area contributed by atoms with Gasteiger partial charge in [0.15, 0.2) is 4.75 Å². The van der Waals surface area contributed by atoms with Crippen LogP contribution in [0.5, 0.6) is 0 Å². The molecule has 0 spiro atoms. The van der Waals surface area contributed by atoms with E-state index >= 15 is 0 Å². The summed E-state index contributed by atoms with van der Waals surface area (Å²) < 4.78 is 33.0. The van der Waals surface area contributed by atoms with Crippen LogP contribution in [0.15, 0.2) is 24.3 Å². The maximum Gasteiger partial charge on any atom is 0.327 e. The van der Waals surface area contributed by atoms with Gasteiger partial charge in [-0.1, -0.05) is 167 Å². The van der Waals surface area contributed by atoms with Gasteiger partial charge in [0.25, 0.3) is 10.1 Å². The Morgan fingerprint density at radius 3 is 1.18 bits per heavy atom. The van der Waals surface area contributed by atoms with E-state index in [2.05, 4.69) is 38.2 Å². The quantitative estimate of drug-likeness (QED) is 0.0332. The number of hydrogen-bond donors (Lipinski definition) is 3. The fraction of sp³-hybridized carbons (Fsp3) is 0.854. The Balaban J connectivity index is 4.51. The van der Waals surface area contributed by atoms with E-state index < -0.39 is 39.1 Å². The molecule has 7 nitrogen and oxygen atoms in total. The van der Waals surface area contributed by atoms with Crippen LogP contribution in [0.2, 0.25) is 0 Å². The van der Waals surface area contributed by atoms with Crippen LogP contribution in [0.4, 0.5) is 0 Å². The van der Waals surface area contributed by atoms with E-state index in [1.54, 1.807) is 0 Å². The summed E-state index contributed by atoms with van der Waals surface area (Å²) in [7, 11) is -5.04. The molecule has 0 rings (SSSR count). The molecule has 288 valence electrons. The molecular formula is C41H76O7S. The van der Waals surface area contributed by atoms with E-state index in [1.165, 1.54) is 77.0 Å². The molecule has 0 saturated carbocycles. The van der Waals surface area contributed by atoms with Crippen molar-refractivity contribution in [3.8, 4) is 0 Å². The summed E-state index contributed by atoms with van der Waals surface area (Å²) in [5.41, 5.74) is 0. The minimum atomic E-state index is -5.04. The number of rotatable bonds is 37. The molecule has 0 fully saturated rings. The van der Waals surface area contributed by atoms with Gasteiger partial charge < -0.3 is 10.2 Å². The first kappa shape index (κ1) is 47.3. The van der Waals surface area contributed by atoms with Crippen molar-refractivity contribution in [1.82, 2.24) is 0 Å². The van der Waals surface area contributed by atoms with Gasteiger partial charge in [-0.15, -0.1) is 0 Å². The van der Waals surface area contributed by atoms with Crippen molar-refractivity contribution < 1.29 is 32.8 Å². The summed E-state index contributed by atoms with van der Waals surface area (Å²) in [5.74, 6) is -4.07. The third-order valence-corrected chi connectivity index (χ3v) is 11.7. The number of aliphatic carboxylic acids is 2. The highest BCUT2D eigenvalue weighted by atomic mass is 32.2. The molecule has 49 heavy (non-hydrogen) atoms. The number of carbonyl (C=O) groups is 2. The molecule has 3 N–H and O–H groups in total. The summed E-state index contributed by atoms with van der Waals surface area (Å²) in [6.45, 7) is 4.47. The van der Waals surface area contributed by atoms with Crippen molar-refractivity contribution in [2.45, 2.75) is 218 Å². The van der Waals surface area contributed by atoms with E-state index in [0.29, 0.717) is 19.3 Å². The zero-order valence-corrected chi connectivity index (χ0v) is 32.5. The van der Waals surface area contributed by atoms with Crippen LogP contribution in [0.25, 0.3) is 0 Å². The summed E-state index contributed by atoms with van der Waals surface area (Å²) in [5, 5.41) is 19.7. The van der Waals surface area contributed by atoms with E-state index in [-0.39, 0.29) is 12.8 Å². The van der Waals surface area contributed by atoms with Gasteiger partial charge in [-0.25, -0.2) is 0 Å². The second kappa shape index (κ2) is 32.3. The minimum absolute atomic E-state index is 0.145. The zero-order valence-electron chi connectivity index (χ0n) is 31.7. The molecule has 0 aliphatic rings. The smallest absolute Gasteiger partial charge is 0.327 e. The zero-order chi connectivity index (χ0) is 36.5. The second-order valence-electron chi connectivity index (χ2n) is 14.4. The second-order valence-corrected chi connectivity index (χ2v) is 16.1. The lowest BCUT2D eigenvalue weighted by Crippen LogP contribution is -2.53.